The summed E-state index contributed by atoms with van der Waals surface area (Å²) in [4.78, 5) is 15.1. The molecule has 1 aliphatic heterocycles. The molecule has 0 spiro atoms. The lowest BCUT2D eigenvalue weighted by molar-refractivity contribution is 0.0909. The summed E-state index contributed by atoms with van der Waals surface area (Å²) in [7, 11) is 3.28. The van der Waals surface area contributed by atoms with E-state index in [1.807, 2.05) is 0 Å². The standard InChI is InChI=1S/C26H29ClN2O3/c1-31-17-19-4-6-20-5-3-18(13-22(20)14-19)16-29-11-9-23(10-12-29)28-26(30)21-7-8-25(32-2)24(27)15-21/h3-8,13-15,23H,9-12,16-17H2,1-2H3,(H,28,30). The van der Waals surface area contributed by atoms with Crippen LogP contribution < -0.4 is 10.1 Å². The van der Waals surface area contributed by atoms with Crippen molar-refractivity contribution >= 4 is 28.3 Å². The van der Waals surface area contributed by atoms with Crippen molar-refractivity contribution in [2.24, 2.45) is 0 Å². The molecule has 0 aromatic heterocycles. The Morgan fingerprint density at radius 1 is 1.00 bits per heavy atom. The molecular weight excluding hydrogens is 424 g/mol. The van der Waals surface area contributed by atoms with Crippen LogP contribution in [0.3, 0.4) is 0 Å². The third kappa shape index (κ3) is 5.41. The maximum Gasteiger partial charge on any atom is 0.251 e. The second kappa shape index (κ2) is 10.3. The molecule has 1 heterocycles. The normalized spacial score (nSPS) is 15.1. The molecular formula is C26H29ClN2O3. The monoisotopic (exact) mass is 452 g/mol. The molecule has 1 saturated heterocycles. The Morgan fingerprint density at radius 3 is 2.41 bits per heavy atom. The van der Waals surface area contributed by atoms with E-state index in [1.54, 1.807) is 32.4 Å². The first-order valence-electron chi connectivity index (χ1n) is 10.9. The van der Waals surface area contributed by atoms with Crippen LogP contribution in [0.25, 0.3) is 10.8 Å². The predicted octanol–water partition coefficient (Wildman–Crippen LogP) is 5.04. The molecule has 0 saturated carbocycles. The van der Waals surface area contributed by atoms with Gasteiger partial charge in [0.15, 0.2) is 0 Å². The summed E-state index contributed by atoms with van der Waals surface area (Å²) >= 11 is 6.16. The number of hydrogen-bond donors (Lipinski definition) is 1. The summed E-state index contributed by atoms with van der Waals surface area (Å²) in [6, 6.07) is 18.4. The van der Waals surface area contributed by atoms with E-state index in [1.165, 1.54) is 21.9 Å². The fourth-order valence-electron chi connectivity index (χ4n) is 4.27. The molecule has 1 N–H and O–H groups in total. The number of amides is 1. The molecule has 0 unspecified atom stereocenters. The van der Waals surface area contributed by atoms with E-state index < -0.39 is 0 Å². The summed E-state index contributed by atoms with van der Waals surface area (Å²) < 4.78 is 10.4. The van der Waals surface area contributed by atoms with Gasteiger partial charge >= 0.3 is 0 Å². The van der Waals surface area contributed by atoms with E-state index >= 15 is 0 Å². The Kier molecular flexibility index (Phi) is 7.30. The highest BCUT2D eigenvalue weighted by molar-refractivity contribution is 6.32. The number of nitrogens with zero attached hydrogens (tertiary/aromatic N) is 1. The maximum absolute atomic E-state index is 12.6. The van der Waals surface area contributed by atoms with Gasteiger partial charge in [0.25, 0.3) is 5.91 Å². The molecule has 3 aromatic rings. The smallest absolute Gasteiger partial charge is 0.251 e. The number of ether oxygens (including phenoxy) is 2. The molecule has 5 nitrogen and oxygen atoms in total. The molecule has 0 radical (unpaired) electrons. The molecule has 1 amide bonds. The molecule has 3 aromatic carbocycles. The average Bonchev–Trinajstić information content (AvgIpc) is 2.80. The van der Waals surface area contributed by atoms with Gasteiger partial charge in [-0.2, -0.15) is 0 Å². The van der Waals surface area contributed by atoms with Crippen molar-refractivity contribution in [1.29, 1.82) is 0 Å². The van der Waals surface area contributed by atoms with Crippen LogP contribution in [-0.2, 0) is 17.9 Å². The zero-order valence-electron chi connectivity index (χ0n) is 18.6. The number of carbonyl (C=O) groups is 1. The number of nitrogens with one attached hydrogen (secondary N) is 1. The predicted molar refractivity (Wildman–Crippen MR) is 128 cm³/mol. The number of carbonyl (C=O) groups excluding carboxylic acids is 1. The molecule has 1 aliphatic rings. The van der Waals surface area contributed by atoms with Gasteiger partial charge in [0.1, 0.15) is 5.75 Å². The second-order valence-corrected chi connectivity index (χ2v) is 8.73. The molecule has 32 heavy (non-hydrogen) atoms. The third-order valence-electron chi connectivity index (χ3n) is 6.02. The van der Waals surface area contributed by atoms with Gasteiger partial charge in [0.2, 0.25) is 0 Å². The van der Waals surface area contributed by atoms with Crippen LogP contribution in [0.2, 0.25) is 5.02 Å². The fourth-order valence-corrected chi connectivity index (χ4v) is 4.53. The van der Waals surface area contributed by atoms with Crippen LogP contribution in [0.4, 0.5) is 0 Å². The van der Waals surface area contributed by atoms with E-state index in [2.05, 4.69) is 46.6 Å². The van der Waals surface area contributed by atoms with Gasteiger partial charge in [-0.1, -0.05) is 35.9 Å². The first-order chi connectivity index (χ1) is 15.6. The number of piperidine rings is 1. The molecule has 168 valence electrons. The largest absolute Gasteiger partial charge is 0.495 e. The second-order valence-electron chi connectivity index (χ2n) is 8.32. The van der Waals surface area contributed by atoms with Crippen LogP contribution in [0, 0.1) is 0 Å². The van der Waals surface area contributed by atoms with Crippen molar-refractivity contribution in [2.75, 3.05) is 27.3 Å². The van der Waals surface area contributed by atoms with E-state index in [0.29, 0.717) is 22.9 Å². The highest BCUT2D eigenvalue weighted by Crippen LogP contribution is 2.25. The van der Waals surface area contributed by atoms with Crippen LogP contribution in [-0.4, -0.2) is 44.2 Å². The van der Waals surface area contributed by atoms with Gasteiger partial charge in [0.05, 0.1) is 18.7 Å². The minimum atomic E-state index is -0.0885. The number of hydrogen-bond acceptors (Lipinski definition) is 4. The number of benzene rings is 3. The number of halogens is 1. The minimum absolute atomic E-state index is 0.0885. The molecule has 0 bridgehead atoms. The fraction of sp³-hybridized carbons (Fsp3) is 0.346. The van der Waals surface area contributed by atoms with Crippen molar-refractivity contribution in [2.45, 2.75) is 32.0 Å². The van der Waals surface area contributed by atoms with Gasteiger partial charge in [-0.25, -0.2) is 0 Å². The molecule has 0 atom stereocenters. The number of fused-ring (bicyclic) bond motifs is 1. The van der Waals surface area contributed by atoms with Crippen LogP contribution in [0.15, 0.2) is 54.6 Å². The van der Waals surface area contributed by atoms with Crippen molar-refractivity contribution in [3.8, 4) is 5.75 Å². The first kappa shape index (κ1) is 22.6. The van der Waals surface area contributed by atoms with Crippen LogP contribution in [0.5, 0.6) is 5.75 Å². The Bertz CT molecular complexity index is 1090. The highest BCUT2D eigenvalue weighted by Gasteiger charge is 2.21. The van der Waals surface area contributed by atoms with Gasteiger partial charge in [0, 0.05) is 38.3 Å². The SMILES string of the molecule is COCc1ccc2ccc(CN3CCC(NC(=O)c4ccc(OC)c(Cl)c4)CC3)cc2c1. The van der Waals surface area contributed by atoms with E-state index in [-0.39, 0.29) is 11.9 Å². The number of rotatable bonds is 7. The summed E-state index contributed by atoms with van der Waals surface area (Å²) in [6.07, 6.45) is 1.86. The molecule has 0 aliphatic carbocycles. The van der Waals surface area contributed by atoms with Crippen LogP contribution >= 0.6 is 11.6 Å². The van der Waals surface area contributed by atoms with Crippen molar-refractivity contribution in [1.82, 2.24) is 10.2 Å². The Morgan fingerprint density at radius 2 is 1.72 bits per heavy atom. The number of likely N-dealkylation sites (tertiary alicyclic amines) is 1. The van der Waals surface area contributed by atoms with Crippen LogP contribution in [0.1, 0.15) is 34.3 Å². The summed E-state index contributed by atoms with van der Waals surface area (Å²) in [6.45, 7) is 3.45. The third-order valence-corrected chi connectivity index (χ3v) is 6.32. The topological polar surface area (TPSA) is 50.8 Å². The van der Waals surface area contributed by atoms with Gasteiger partial charge in [-0.15, -0.1) is 0 Å². The van der Waals surface area contributed by atoms with E-state index in [0.717, 1.165) is 32.5 Å². The minimum Gasteiger partial charge on any atom is -0.495 e. The van der Waals surface area contributed by atoms with E-state index in [4.69, 9.17) is 21.1 Å². The summed E-state index contributed by atoms with van der Waals surface area (Å²) in [5.41, 5.74) is 3.05. The van der Waals surface area contributed by atoms with Crippen molar-refractivity contribution < 1.29 is 14.3 Å². The average molecular weight is 453 g/mol. The maximum atomic E-state index is 12.6. The van der Waals surface area contributed by atoms with Crippen molar-refractivity contribution in [3.05, 3.63) is 76.3 Å². The highest BCUT2D eigenvalue weighted by atomic mass is 35.5. The number of methoxy groups -OCH3 is 2. The van der Waals surface area contributed by atoms with Crippen molar-refractivity contribution in [3.63, 3.8) is 0 Å². The lowest BCUT2D eigenvalue weighted by atomic mass is 10.0. The Hall–Kier alpha value is -2.60. The molecule has 4 rings (SSSR count). The van der Waals surface area contributed by atoms with Gasteiger partial charge < -0.3 is 14.8 Å². The van der Waals surface area contributed by atoms with Gasteiger partial charge in [-0.3, -0.25) is 9.69 Å². The lowest BCUT2D eigenvalue weighted by Crippen LogP contribution is -2.44. The lowest BCUT2D eigenvalue weighted by Gasteiger charge is -2.32. The molecule has 1 fully saturated rings. The quantitative estimate of drug-likeness (QED) is 0.545. The zero-order chi connectivity index (χ0) is 22.5. The summed E-state index contributed by atoms with van der Waals surface area (Å²) in [5, 5.41) is 6.09. The zero-order valence-corrected chi connectivity index (χ0v) is 19.3. The van der Waals surface area contributed by atoms with Gasteiger partial charge in [-0.05, 0) is 65.1 Å². The molecule has 6 heteroatoms. The Balaban J connectivity index is 1.31. The summed E-state index contributed by atoms with van der Waals surface area (Å²) in [5.74, 6) is 0.481. The first-order valence-corrected chi connectivity index (χ1v) is 11.3. The Labute approximate surface area is 194 Å². The van der Waals surface area contributed by atoms with E-state index in [9.17, 15) is 4.79 Å².